The molecule has 0 saturated carbocycles. The first-order valence-corrected chi connectivity index (χ1v) is 10.3. The van der Waals surface area contributed by atoms with Crippen molar-refractivity contribution in [1.82, 2.24) is 15.1 Å². The molecule has 0 saturated heterocycles. The molecule has 3 aromatic carbocycles. The predicted molar refractivity (Wildman–Crippen MR) is 114 cm³/mol. The van der Waals surface area contributed by atoms with Crippen LogP contribution in [0.4, 0.5) is 0 Å². The fraction of sp³-hybridized carbons (Fsp3) is 0.240. The Morgan fingerprint density at radius 3 is 1.59 bits per heavy atom. The second-order valence-corrected chi connectivity index (χ2v) is 7.77. The van der Waals surface area contributed by atoms with Gasteiger partial charge in [0.15, 0.2) is 0 Å². The van der Waals surface area contributed by atoms with Crippen LogP contribution in [0.2, 0.25) is 0 Å². The van der Waals surface area contributed by atoms with Gasteiger partial charge < -0.3 is 0 Å². The summed E-state index contributed by atoms with van der Waals surface area (Å²) in [5.41, 5.74) is 6.12. The number of rotatable bonds is 3. The van der Waals surface area contributed by atoms with Crippen molar-refractivity contribution in [1.29, 1.82) is 0 Å². The van der Waals surface area contributed by atoms with E-state index >= 15 is 0 Å². The van der Waals surface area contributed by atoms with Crippen molar-refractivity contribution in [2.24, 2.45) is 0 Å². The fourth-order valence-corrected chi connectivity index (χ4v) is 4.42. The zero-order valence-corrected chi connectivity index (χ0v) is 16.5. The minimum Gasteiger partial charge on any atom is -0.266 e. The average molecular weight is 383 g/mol. The second kappa shape index (κ2) is 7.82. The topological polar surface area (TPSA) is 26.8 Å². The largest absolute Gasteiger partial charge is 0.283 e. The van der Waals surface area contributed by atoms with E-state index in [2.05, 4.69) is 58.5 Å². The van der Waals surface area contributed by atoms with Crippen molar-refractivity contribution in [3.8, 4) is 0 Å². The maximum Gasteiger partial charge on any atom is 0.283 e. The summed E-state index contributed by atoms with van der Waals surface area (Å²) in [6.07, 6.45) is 1.92. The highest BCUT2D eigenvalue weighted by Gasteiger charge is 2.32. The van der Waals surface area contributed by atoms with Crippen LogP contribution < -0.4 is 0 Å². The third-order valence-corrected chi connectivity index (χ3v) is 5.96. The van der Waals surface area contributed by atoms with E-state index < -0.39 is 0 Å². The number of amides is 1. The second-order valence-electron chi connectivity index (χ2n) is 7.77. The maximum absolute atomic E-state index is 13.6. The summed E-state index contributed by atoms with van der Waals surface area (Å²) in [5.74, 6) is 0.0457. The van der Waals surface area contributed by atoms with Crippen molar-refractivity contribution >= 4 is 5.91 Å². The molecule has 0 atom stereocenters. The minimum atomic E-state index is 0.0457. The molecule has 146 valence electrons. The number of fused-ring (bicyclic) bond motifs is 2. The van der Waals surface area contributed by atoms with Crippen LogP contribution in [0, 0.1) is 0 Å². The highest BCUT2D eigenvalue weighted by atomic mass is 16.2. The van der Waals surface area contributed by atoms with E-state index in [1.165, 1.54) is 22.3 Å². The van der Waals surface area contributed by atoms with Crippen molar-refractivity contribution in [3.05, 3.63) is 107 Å². The first kappa shape index (κ1) is 18.1. The number of hydrogen-bond donors (Lipinski definition) is 0. The molecule has 29 heavy (non-hydrogen) atoms. The van der Waals surface area contributed by atoms with E-state index in [9.17, 15) is 4.79 Å². The van der Waals surface area contributed by atoms with Gasteiger partial charge in [-0.15, -0.1) is 0 Å². The van der Waals surface area contributed by atoms with E-state index in [0.29, 0.717) is 0 Å². The standard InChI is InChI=1S/C25H25N3O/c29-25(22-10-2-1-3-11-22)28(26-16-14-20-8-4-6-12-23(20)18-26)27-17-15-21-9-5-7-13-24(21)19-27/h1-13H,14-19H2. The lowest BCUT2D eigenvalue weighted by Gasteiger charge is -2.45. The molecule has 3 aromatic rings. The first-order valence-electron chi connectivity index (χ1n) is 10.3. The molecule has 2 aliphatic rings. The van der Waals surface area contributed by atoms with Crippen molar-refractivity contribution < 1.29 is 4.79 Å². The van der Waals surface area contributed by atoms with Gasteiger partial charge in [0.2, 0.25) is 0 Å². The highest BCUT2D eigenvalue weighted by molar-refractivity contribution is 5.93. The Hall–Kier alpha value is -2.95. The number of hydrazine groups is 2. The smallest absolute Gasteiger partial charge is 0.266 e. The lowest BCUT2D eigenvalue weighted by atomic mass is 10.0. The third-order valence-electron chi connectivity index (χ3n) is 5.96. The summed E-state index contributed by atoms with van der Waals surface area (Å²) in [5, 5.41) is 6.35. The van der Waals surface area contributed by atoms with Crippen molar-refractivity contribution in [2.75, 3.05) is 13.1 Å². The van der Waals surface area contributed by atoms with Gasteiger partial charge in [-0.05, 0) is 47.2 Å². The Labute approximate surface area is 171 Å². The molecule has 0 spiro atoms. The van der Waals surface area contributed by atoms with Gasteiger partial charge in [-0.1, -0.05) is 66.7 Å². The van der Waals surface area contributed by atoms with Gasteiger partial charge in [-0.2, -0.15) is 15.1 Å². The molecule has 0 aliphatic carbocycles. The Balaban J connectivity index is 1.48. The number of nitrogens with zero attached hydrogens (tertiary/aromatic N) is 3. The SMILES string of the molecule is O=C(c1ccccc1)N(N1CCc2ccccc2C1)N1CCc2ccccc2C1. The van der Waals surface area contributed by atoms with Crippen LogP contribution >= 0.6 is 0 Å². The van der Waals surface area contributed by atoms with E-state index in [0.717, 1.165) is 44.6 Å². The van der Waals surface area contributed by atoms with Crippen LogP contribution in [0.3, 0.4) is 0 Å². The fourth-order valence-electron chi connectivity index (χ4n) is 4.42. The summed E-state index contributed by atoms with van der Waals surface area (Å²) in [7, 11) is 0. The van der Waals surface area contributed by atoms with Crippen LogP contribution in [0.15, 0.2) is 78.9 Å². The van der Waals surface area contributed by atoms with Gasteiger partial charge in [0.05, 0.1) is 0 Å². The number of benzene rings is 3. The Kier molecular flexibility index (Phi) is 4.88. The lowest BCUT2D eigenvalue weighted by Crippen LogP contribution is -2.58. The summed E-state index contributed by atoms with van der Waals surface area (Å²) in [6.45, 7) is 3.20. The number of carbonyl (C=O) groups excluding carboxylic acids is 1. The number of hydrogen-bond acceptors (Lipinski definition) is 3. The van der Waals surface area contributed by atoms with Crippen LogP contribution in [0.25, 0.3) is 0 Å². The quantitative estimate of drug-likeness (QED) is 0.682. The Morgan fingerprint density at radius 1 is 0.621 bits per heavy atom. The molecule has 4 nitrogen and oxygen atoms in total. The van der Waals surface area contributed by atoms with Gasteiger partial charge in [-0.3, -0.25) is 4.79 Å². The van der Waals surface area contributed by atoms with E-state index in [1.807, 2.05) is 35.4 Å². The van der Waals surface area contributed by atoms with Crippen LogP contribution in [0.1, 0.15) is 32.6 Å². The molecule has 0 unspecified atom stereocenters. The van der Waals surface area contributed by atoms with E-state index in [1.54, 1.807) is 0 Å². The molecule has 0 bridgehead atoms. The maximum atomic E-state index is 13.6. The minimum absolute atomic E-state index is 0.0457. The van der Waals surface area contributed by atoms with E-state index in [4.69, 9.17) is 0 Å². The van der Waals surface area contributed by atoms with E-state index in [-0.39, 0.29) is 5.91 Å². The molecule has 0 aromatic heterocycles. The molecule has 5 rings (SSSR count). The zero-order chi connectivity index (χ0) is 19.6. The summed E-state index contributed by atoms with van der Waals surface area (Å²) >= 11 is 0. The molecule has 0 fully saturated rings. The van der Waals surface area contributed by atoms with Crippen LogP contribution in [-0.2, 0) is 25.9 Å². The van der Waals surface area contributed by atoms with Crippen LogP contribution in [-0.4, -0.2) is 34.1 Å². The molecular weight excluding hydrogens is 358 g/mol. The molecule has 0 radical (unpaired) electrons. The van der Waals surface area contributed by atoms with Gasteiger partial charge in [0.25, 0.3) is 5.91 Å². The average Bonchev–Trinajstić information content (AvgIpc) is 2.79. The molecule has 4 heteroatoms. The van der Waals surface area contributed by atoms with Crippen LogP contribution in [0.5, 0.6) is 0 Å². The summed E-state index contributed by atoms with van der Waals surface area (Å²) < 4.78 is 0. The highest BCUT2D eigenvalue weighted by Crippen LogP contribution is 2.26. The van der Waals surface area contributed by atoms with Crippen molar-refractivity contribution in [2.45, 2.75) is 25.9 Å². The Bertz CT molecular complexity index is 960. The van der Waals surface area contributed by atoms with Gasteiger partial charge in [0, 0.05) is 31.7 Å². The molecule has 2 aliphatic heterocycles. The monoisotopic (exact) mass is 383 g/mol. The molecule has 0 N–H and O–H groups in total. The molecule has 2 heterocycles. The Morgan fingerprint density at radius 2 is 1.07 bits per heavy atom. The summed E-state index contributed by atoms with van der Waals surface area (Å²) in [6, 6.07) is 26.8. The molecular formula is C25H25N3O. The lowest BCUT2D eigenvalue weighted by molar-refractivity contribution is -0.161. The third kappa shape index (κ3) is 3.57. The first-order chi connectivity index (χ1) is 14.3. The normalized spacial score (nSPS) is 16.7. The van der Waals surface area contributed by atoms with Gasteiger partial charge >= 0.3 is 0 Å². The van der Waals surface area contributed by atoms with Crippen molar-refractivity contribution in [3.63, 3.8) is 0 Å². The summed E-state index contributed by atoms with van der Waals surface area (Å²) in [4.78, 5) is 13.6. The van der Waals surface area contributed by atoms with Gasteiger partial charge in [0.1, 0.15) is 0 Å². The predicted octanol–water partition coefficient (Wildman–Crippen LogP) is 4.08. The molecule has 1 amide bonds. The zero-order valence-electron chi connectivity index (χ0n) is 16.5. The number of carbonyl (C=O) groups is 1. The van der Waals surface area contributed by atoms with Gasteiger partial charge in [-0.25, -0.2) is 0 Å².